The topological polar surface area (TPSA) is 79.4 Å². The number of amides is 1. The summed E-state index contributed by atoms with van der Waals surface area (Å²) < 4.78 is 66.1. The number of nitrogens with zero attached hydrogens (tertiary/aromatic N) is 2. The molecule has 0 aliphatic carbocycles. The summed E-state index contributed by atoms with van der Waals surface area (Å²) >= 11 is 0.879. The molecule has 0 unspecified atom stereocenters. The highest BCUT2D eigenvalue weighted by Crippen LogP contribution is 2.37. The number of thiazole rings is 1. The number of alkyl halides is 3. The van der Waals surface area contributed by atoms with Gasteiger partial charge in [0.25, 0.3) is 10.0 Å². The highest BCUT2D eigenvalue weighted by atomic mass is 32.2. The quantitative estimate of drug-likeness (QED) is 0.569. The van der Waals surface area contributed by atoms with Crippen LogP contribution < -0.4 is 9.62 Å². The summed E-state index contributed by atoms with van der Waals surface area (Å²) in [4.78, 5) is 18.1. The van der Waals surface area contributed by atoms with E-state index in [4.69, 9.17) is 0 Å². The molecule has 1 amide bonds. The largest absolute Gasteiger partial charge is 0.417 e. The van der Waals surface area contributed by atoms with Crippen LogP contribution in [0.25, 0.3) is 11.1 Å². The zero-order valence-electron chi connectivity index (χ0n) is 17.4. The second kappa shape index (κ2) is 9.00. The van der Waals surface area contributed by atoms with E-state index in [1.54, 1.807) is 31.2 Å². The van der Waals surface area contributed by atoms with Gasteiger partial charge < -0.3 is 0 Å². The van der Waals surface area contributed by atoms with E-state index < -0.39 is 21.8 Å². The maximum absolute atomic E-state index is 13.3. The molecule has 32 heavy (non-hydrogen) atoms. The van der Waals surface area contributed by atoms with E-state index in [-0.39, 0.29) is 32.9 Å². The van der Waals surface area contributed by atoms with Gasteiger partial charge in [-0.1, -0.05) is 53.8 Å². The number of aromatic nitrogens is 1. The summed E-state index contributed by atoms with van der Waals surface area (Å²) in [6.45, 7) is 1.54. The van der Waals surface area contributed by atoms with Gasteiger partial charge in [-0.05, 0) is 36.7 Å². The standard InChI is InChI=1S/C21H20F3N3O3S2/c1-13-19(32(29,30)25-2)31-20(26-13)27(3)18(28)12-14-8-10-15(11-9-14)16-6-4-5-7-17(16)21(22,23)24/h4-11,25H,12H2,1-3H3. The van der Waals surface area contributed by atoms with Gasteiger partial charge in [0, 0.05) is 7.05 Å². The van der Waals surface area contributed by atoms with E-state index in [0.717, 1.165) is 17.4 Å². The number of rotatable bonds is 6. The second-order valence-electron chi connectivity index (χ2n) is 6.95. The van der Waals surface area contributed by atoms with Gasteiger partial charge >= 0.3 is 6.18 Å². The van der Waals surface area contributed by atoms with Crippen molar-refractivity contribution in [2.75, 3.05) is 19.0 Å². The lowest BCUT2D eigenvalue weighted by atomic mass is 9.98. The third-order valence-electron chi connectivity index (χ3n) is 4.77. The number of sulfonamides is 1. The first-order valence-electron chi connectivity index (χ1n) is 9.37. The SMILES string of the molecule is CNS(=O)(=O)c1sc(N(C)C(=O)Cc2ccc(-c3ccccc3C(F)(F)F)cc2)nc1C. The van der Waals surface area contributed by atoms with Crippen molar-refractivity contribution >= 4 is 32.4 Å². The van der Waals surface area contributed by atoms with Crippen LogP contribution in [-0.2, 0) is 27.4 Å². The fraction of sp³-hybridized carbons (Fsp3) is 0.238. The summed E-state index contributed by atoms with van der Waals surface area (Å²) in [6.07, 6.45) is -4.50. The third-order valence-corrected chi connectivity index (χ3v) is 8.03. The number of hydrogen-bond acceptors (Lipinski definition) is 5. The number of carbonyl (C=O) groups is 1. The Labute approximate surface area is 187 Å². The van der Waals surface area contributed by atoms with Gasteiger partial charge in [-0.25, -0.2) is 18.1 Å². The van der Waals surface area contributed by atoms with Crippen LogP contribution in [0.3, 0.4) is 0 Å². The Balaban J connectivity index is 1.78. The van der Waals surface area contributed by atoms with Crippen LogP contribution >= 0.6 is 11.3 Å². The monoisotopic (exact) mass is 483 g/mol. The minimum absolute atomic E-state index is 0.0234. The second-order valence-corrected chi connectivity index (χ2v) is 10.0. The van der Waals surface area contributed by atoms with Crippen molar-refractivity contribution in [3.05, 3.63) is 65.4 Å². The lowest BCUT2D eigenvalue weighted by molar-refractivity contribution is -0.137. The van der Waals surface area contributed by atoms with Crippen LogP contribution in [0, 0.1) is 6.92 Å². The maximum atomic E-state index is 13.3. The molecule has 170 valence electrons. The van der Waals surface area contributed by atoms with Gasteiger partial charge in [-0.3, -0.25) is 9.69 Å². The average Bonchev–Trinajstić information content (AvgIpc) is 3.15. The van der Waals surface area contributed by atoms with Crippen LogP contribution in [0.1, 0.15) is 16.8 Å². The molecule has 0 aliphatic heterocycles. The van der Waals surface area contributed by atoms with Gasteiger partial charge in [0.1, 0.15) is 0 Å². The van der Waals surface area contributed by atoms with Gasteiger partial charge in [-0.15, -0.1) is 0 Å². The maximum Gasteiger partial charge on any atom is 0.417 e. The molecule has 2 aromatic carbocycles. The summed E-state index contributed by atoms with van der Waals surface area (Å²) in [5.41, 5.74) is 0.611. The first-order chi connectivity index (χ1) is 14.9. The Hall–Kier alpha value is -2.76. The molecule has 0 spiro atoms. The first kappa shape index (κ1) is 23.9. The number of hydrogen-bond donors (Lipinski definition) is 1. The van der Waals surface area contributed by atoms with E-state index in [2.05, 4.69) is 9.71 Å². The van der Waals surface area contributed by atoms with Crippen molar-refractivity contribution in [2.24, 2.45) is 0 Å². The zero-order valence-corrected chi connectivity index (χ0v) is 19.0. The van der Waals surface area contributed by atoms with E-state index >= 15 is 0 Å². The van der Waals surface area contributed by atoms with E-state index in [1.807, 2.05) is 0 Å². The molecule has 0 radical (unpaired) electrons. The van der Waals surface area contributed by atoms with Crippen LogP contribution in [-0.4, -0.2) is 33.4 Å². The Morgan fingerprint density at radius 2 is 1.75 bits per heavy atom. The number of nitrogens with one attached hydrogen (secondary N) is 1. The van der Waals surface area contributed by atoms with Gasteiger partial charge in [0.2, 0.25) is 5.91 Å². The van der Waals surface area contributed by atoms with Crippen LogP contribution in [0.15, 0.2) is 52.7 Å². The van der Waals surface area contributed by atoms with Crippen LogP contribution in [0.5, 0.6) is 0 Å². The minimum Gasteiger partial charge on any atom is -0.291 e. The summed E-state index contributed by atoms with van der Waals surface area (Å²) in [5, 5.41) is 0.233. The molecule has 0 saturated carbocycles. The fourth-order valence-electron chi connectivity index (χ4n) is 3.04. The molecule has 0 fully saturated rings. The number of likely N-dealkylation sites (N-methyl/N-ethyl adjacent to an activating group) is 1. The van der Waals surface area contributed by atoms with Crippen molar-refractivity contribution < 1.29 is 26.4 Å². The van der Waals surface area contributed by atoms with Gasteiger partial charge in [0.15, 0.2) is 9.34 Å². The molecule has 3 aromatic rings. The Morgan fingerprint density at radius 3 is 2.34 bits per heavy atom. The summed E-state index contributed by atoms with van der Waals surface area (Å²) in [5.74, 6) is -0.337. The van der Waals surface area contributed by atoms with Crippen molar-refractivity contribution in [3.63, 3.8) is 0 Å². The lowest BCUT2D eigenvalue weighted by Crippen LogP contribution is -2.27. The van der Waals surface area contributed by atoms with E-state index in [0.29, 0.717) is 11.1 Å². The van der Waals surface area contributed by atoms with Crippen molar-refractivity contribution in [2.45, 2.75) is 23.7 Å². The molecule has 3 rings (SSSR count). The third kappa shape index (κ3) is 5.00. The van der Waals surface area contributed by atoms with Crippen LogP contribution in [0.2, 0.25) is 0 Å². The first-order valence-corrected chi connectivity index (χ1v) is 11.7. The number of anilines is 1. The Kier molecular flexibility index (Phi) is 6.72. The Morgan fingerprint density at radius 1 is 1.12 bits per heavy atom. The molecule has 0 atom stereocenters. The number of carbonyl (C=O) groups excluding carboxylic acids is 1. The number of halogens is 3. The molecule has 0 saturated heterocycles. The molecule has 6 nitrogen and oxygen atoms in total. The zero-order chi connectivity index (χ0) is 23.7. The predicted molar refractivity (Wildman–Crippen MR) is 117 cm³/mol. The van der Waals surface area contributed by atoms with Gasteiger partial charge in [0.05, 0.1) is 17.7 Å². The highest BCUT2D eigenvalue weighted by Gasteiger charge is 2.33. The minimum atomic E-state index is -4.47. The highest BCUT2D eigenvalue weighted by molar-refractivity contribution is 7.91. The molecule has 0 bridgehead atoms. The van der Waals surface area contributed by atoms with Crippen molar-refractivity contribution in [3.8, 4) is 11.1 Å². The molecule has 1 N–H and O–H groups in total. The predicted octanol–water partition coefficient (Wildman–Crippen LogP) is 4.25. The molecular weight excluding hydrogens is 463 g/mol. The molecule has 11 heteroatoms. The van der Waals surface area contributed by atoms with Crippen molar-refractivity contribution in [1.29, 1.82) is 0 Å². The average molecular weight is 484 g/mol. The Bertz CT molecular complexity index is 1240. The summed E-state index contributed by atoms with van der Waals surface area (Å²) in [6, 6.07) is 11.6. The molecular formula is C21H20F3N3O3S2. The summed E-state index contributed by atoms with van der Waals surface area (Å²) in [7, 11) is -0.902. The van der Waals surface area contributed by atoms with Gasteiger partial charge in [-0.2, -0.15) is 13.2 Å². The number of benzene rings is 2. The smallest absolute Gasteiger partial charge is 0.291 e. The molecule has 0 aliphatic rings. The normalized spacial score (nSPS) is 12.1. The van der Waals surface area contributed by atoms with E-state index in [1.165, 1.54) is 37.2 Å². The lowest BCUT2D eigenvalue weighted by Gasteiger charge is -2.15. The molecule has 1 aromatic heterocycles. The fourth-order valence-corrected chi connectivity index (χ4v) is 5.35. The van der Waals surface area contributed by atoms with E-state index in [9.17, 15) is 26.4 Å². The van der Waals surface area contributed by atoms with Crippen LogP contribution in [0.4, 0.5) is 18.3 Å². The number of aryl methyl sites for hydroxylation is 1. The van der Waals surface area contributed by atoms with Crippen molar-refractivity contribution in [1.82, 2.24) is 9.71 Å². The molecule has 1 heterocycles.